The minimum absolute atomic E-state index is 0. The smallest absolute Gasteiger partial charge is 0.191 e. The summed E-state index contributed by atoms with van der Waals surface area (Å²) in [6.45, 7) is 3.93. The van der Waals surface area contributed by atoms with Gasteiger partial charge in [0.25, 0.3) is 0 Å². The molecule has 24 heavy (non-hydrogen) atoms. The molecule has 0 spiro atoms. The fraction of sp³-hybridized carbons (Fsp3) is 0.533. The second-order valence-electron chi connectivity index (χ2n) is 5.19. The van der Waals surface area contributed by atoms with Gasteiger partial charge >= 0.3 is 0 Å². The van der Waals surface area contributed by atoms with Gasteiger partial charge in [-0.3, -0.25) is 9.39 Å². The highest BCUT2D eigenvalue weighted by Gasteiger charge is 2.05. The lowest BCUT2D eigenvalue weighted by Crippen LogP contribution is -2.41. The van der Waals surface area contributed by atoms with Crippen molar-refractivity contribution in [2.75, 3.05) is 47.4 Å². The van der Waals surface area contributed by atoms with E-state index in [-0.39, 0.29) is 24.0 Å². The lowest BCUT2D eigenvalue weighted by molar-refractivity contribution is 0.162. The summed E-state index contributed by atoms with van der Waals surface area (Å²) in [5.41, 5.74) is 0.840. The third-order valence-electron chi connectivity index (χ3n) is 3.48. The minimum Gasteiger partial charge on any atom is -0.383 e. The van der Waals surface area contributed by atoms with Crippen molar-refractivity contribution in [3.63, 3.8) is 0 Å². The number of aromatic nitrogens is 3. The van der Waals surface area contributed by atoms with E-state index in [9.17, 15) is 0 Å². The Bertz CT molecular complexity index is 631. The topological polar surface area (TPSA) is 79.1 Å². The quantitative estimate of drug-likeness (QED) is 0.351. The lowest BCUT2D eigenvalue weighted by Gasteiger charge is -2.17. The number of nitrogens with one attached hydrogen (secondary N) is 2. The van der Waals surface area contributed by atoms with Crippen molar-refractivity contribution in [1.29, 1.82) is 0 Å². The molecule has 0 aliphatic carbocycles. The van der Waals surface area contributed by atoms with Gasteiger partial charge in [-0.05, 0) is 19.2 Å². The van der Waals surface area contributed by atoms with E-state index in [1.165, 1.54) is 0 Å². The molecule has 0 amide bonds. The summed E-state index contributed by atoms with van der Waals surface area (Å²) in [5, 5.41) is 14.9. The molecule has 0 fully saturated rings. The summed E-state index contributed by atoms with van der Waals surface area (Å²) in [5.74, 6) is 1.60. The number of likely N-dealkylation sites (N-methyl/N-ethyl adjacent to an activating group) is 1. The first-order valence-electron chi connectivity index (χ1n) is 7.65. The van der Waals surface area contributed by atoms with Gasteiger partial charge in [-0.1, -0.05) is 6.07 Å². The van der Waals surface area contributed by atoms with E-state index in [0.29, 0.717) is 6.54 Å². The molecule has 0 saturated heterocycles. The van der Waals surface area contributed by atoms with E-state index >= 15 is 0 Å². The molecule has 0 unspecified atom stereocenters. The van der Waals surface area contributed by atoms with Crippen LogP contribution in [0.15, 0.2) is 29.4 Å². The second-order valence-corrected chi connectivity index (χ2v) is 5.19. The van der Waals surface area contributed by atoms with Crippen LogP contribution in [0.4, 0.5) is 0 Å². The van der Waals surface area contributed by atoms with Crippen molar-refractivity contribution in [2.24, 2.45) is 4.99 Å². The van der Waals surface area contributed by atoms with E-state index < -0.39 is 0 Å². The molecule has 8 nitrogen and oxygen atoms in total. The zero-order valence-electron chi connectivity index (χ0n) is 14.4. The van der Waals surface area contributed by atoms with Crippen LogP contribution in [0.3, 0.4) is 0 Å². The van der Waals surface area contributed by atoms with Gasteiger partial charge in [0.05, 0.1) is 13.2 Å². The van der Waals surface area contributed by atoms with Crippen LogP contribution in [0.5, 0.6) is 0 Å². The number of fused-ring (bicyclic) bond motifs is 1. The van der Waals surface area contributed by atoms with Crippen LogP contribution in [-0.2, 0) is 11.3 Å². The molecule has 0 aliphatic rings. The Hall–Kier alpha value is -1.46. The first kappa shape index (κ1) is 20.6. The minimum atomic E-state index is 0. The molecule has 9 heteroatoms. The average molecular weight is 447 g/mol. The second kappa shape index (κ2) is 11.2. The Kier molecular flexibility index (Phi) is 9.57. The monoisotopic (exact) mass is 447 g/mol. The van der Waals surface area contributed by atoms with Crippen molar-refractivity contribution in [2.45, 2.75) is 6.54 Å². The maximum Gasteiger partial charge on any atom is 0.191 e. The Labute approximate surface area is 159 Å². The Morgan fingerprint density at radius 1 is 1.29 bits per heavy atom. The van der Waals surface area contributed by atoms with E-state index in [2.05, 4.69) is 37.8 Å². The van der Waals surface area contributed by atoms with E-state index in [4.69, 9.17) is 4.74 Å². The van der Waals surface area contributed by atoms with Crippen molar-refractivity contribution in [1.82, 2.24) is 30.1 Å². The highest BCUT2D eigenvalue weighted by atomic mass is 127. The fourth-order valence-corrected chi connectivity index (χ4v) is 2.12. The number of nitrogens with zero attached hydrogens (tertiary/aromatic N) is 5. The molecule has 0 aliphatic heterocycles. The normalized spacial score (nSPS) is 11.6. The summed E-state index contributed by atoms with van der Waals surface area (Å²) >= 11 is 0. The summed E-state index contributed by atoms with van der Waals surface area (Å²) in [6, 6.07) is 5.84. The van der Waals surface area contributed by atoms with Crippen LogP contribution >= 0.6 is 24.0 Å². The first-order chi connectivity index (χ1) is 11.2. The molecular weight excluding hydrogens is 421 g/mol. The summed E-state index contributed by atoms with van der Waals surface area (Å²) in [6.07, 6.45) is 1.95. The maximum atomic E-state index is 5.06. The highest BCUT2D eigenvalue weighted by molar-refractivity contribution is 14.0. The fourth-order valence-electron chi connectivity index (χ4n) is 2.12. The molecule has 0 bridgehead atoms. The van der Waals surface area contributed by atoms with Gasteiger partial charge < -0.3 is 20.3 Å². The SMILES string of the molecule is CN=C(NCCN(C)CCOC)NCc1nnc2ccccn12.I. The number of pyridine rings is 1. The van der Waals surface area contributed by atoms with Gasteiger partial charge in [0.15, 0.2) is 17.4 Å². The predicted molar refractivity (Wildman–Crippen MR) is 106 cm³/mol. The number of guanidine groups is 1. The number of hydrogen-bond donors (Lipinski definition) is 2. The predicted octanol–water partition coefficient (Wildman–Crippen LogP) is 0.591. The summed E-state index contributed by atoms with van der Waals surface area (Å²) in [4.78, 5) is 6.42. The van der Waals surface area contributed by atoms with Crippen LogP contribution in [-0.4, -0.2) is 72.9 Å². The molecule has 0 radical (unpaired) electrons. The third-order valence-corrected chi connectivity index (χ3v) is 3.48. The molecule has 2 aromatic rings. The number of hydrogen-bond acceptors (Lipinski definition) is 5. The van der Waals surface area contributed by atoms with Gasteiger partial charge in [-0.25, -0.2) is 0 Å². The molecular formula is C15H26IN7O. The van der Waals surface area contributed by atoms with Gasteiger partial charge in [0.2, 0.25) is 0 Å². The number of aliphatic imine (C=N–C) groups is 1. The van der Waals surface area contributed by atoms with Crippen LogP contribution in [0.1, 0.15) is 5.82 Å². The Balaban J connectivity index is 0.00000288. The van der Waals surface area contributed by atoms with Crippen molar-refractivity contribution in [3.05, 3.63) is 30.2 Å². The average Bonchev–Trinajstić information content (AvgIpc) is 2.99. The van der Waals surface area contributed by atoms with Crippen molar-refractivity contribution < 1.29 is 4.74 Å². The molecule has 2 N–H and O–H groups in total. The van der Waals surface area contributed by atoms with Crippen LogP contribution < -0.4 is 10.6 Å². The summed E-state index contributed by atoms with van der Waals surface area (Å²) in [7, 11) is 5.54. The van der Waals surface area contributed by atoms with Crippen LogP contribution in [0, 0.1) is 0 Å². The molecule has 2 heterocycles. The molecule has 2 rings (SSSR count). The Morgan fingerprint density at radius 2 is 2.12 bits per heavy atom. The number of methoxy groups -OCH3 is 1. The van der Waals surface area contributed by atoms with E-state index in [0.717, 1.165) is 43.7 Å². The standard InChI is InChI=1S/C15H25N7O.HI/c1-16-15(17-7-9-21(2)10-11-23-3)18-12-14-20-19-13-6-4-5-8-22(13)14;/h4-6,8H,7,9-12H2,1-3H3,(H2,16,17,18);1H. The van der Waals surface area contributed by atoms with Crippen molar-refractivity contribution in [3.8, 4) is 0 Å². The molecule has 134 valence electrons. The van der Waals surface area contributed by atoms with Crippen LogP contribution in [0.2, 0.25) is 0 Å². The largest absolute Gasteiger partial charge is 0.383 e. The molecule has 0 atom stereocenters. The van der Waals surface area contributed by atoms with Gasteiger partial charge in [-0.15, -0.1) is 34.2 Å². The third kappa shape index (κ3) is 6.21. The number of halogens is 1. The number of ether oxygens (including phenoxy) is 1. The van der Waals surface area contributed by atoms with Gasteiger partial charge in [-0.2, -0.15) is 0 Å². The molecule has 2 aromatic heterocycles. The van der Waals surface area contributed by atoms with Gasteiger partial charge in [0.1, 0.15) is 0 Å². The van der Waals surface area contributed by atoms with E-state index in [1.54, 1.807) is 14.2 Å². The molecule has 0 aromatic carbocycles. The first-order valence-corrected chi connectivity index (χ1v) is 7.65. The van der Waals surface area contributed by atoms with Crippen molar-refractivity contribution >= 4 is 35.6 Å². The van der Waals surface area contributed by atoms with Crippen LogP contribution in [0.25, 0.3) is 5.65 Å². The highest BCUT2D eigenvalue weighted by Crippen LogP contribution is 2.01. The lowest BCUT2D eigenvalue weighted by atomic mass is 10.4. The maximum absolute atomic E-state index is 5.06. The number of rotatable bonds is 8. The summed E-state index contributed by atoms with van der Waals surface area (Å²) < 4.78 is 7.02. The zero-order chi connectivity index (χ0) is 16.5. The van der Waals surface area contributed by atoms with Gasteiger partial charge in [0, 0.05) is 40.0 Å². The zero-order valence-corrected chi connectivity index (χ0v) is 16.7. The molecule has 0 saturated carbocycles. The Morgan fingerprint density at radius 3 is 2.88 bits per heavy atom. The van der Waals surface area contributed by atoms with E-state index in [1.807, 2.05) is 28.8 Å².